The fraction of sp³-hybridized carbons (Fsp3) is 0.0769. The van der Waals surface area contributed by atoms with Crippen LogP contribution in [0, 0.1) is 0 Å². The van der Waals surface area contributed by atoms with Crippen molar-refractivity contribution in [1.29, 1.82) is 0 Å². The molecule has 0 radical (unpaired) electrons. The van der Waals surface area contributed by atoms with Gasteiger partial charge in [-0.15, -0.1) is 0 Å². The molecule has 1 aliphatic heterocycles. The quantitative estimate of drug-likeness (QED) is 0.435. The van der Waals surface area contributed by atoms with Gasteiger partial charge >= 0.3 is 7.60 Å². The van der Waals surface area contributed by atoms with Crippen molar-refractivity contribution in [3.05, 3.63) is 119 Å². The van der Waals surface area contributed by atoms with Crippen LogP contribution in [0.25, 0.3) is 11.1 Å². The topological polar surface area (TPSA) is 46.5 Å². The minimum Gasteiger partial charge on any atom is -0.420 e. The highest BCUT2D eigenvalue weighted by Crippen LogP contribution is 2.53. The zero-order valence-electron chi connectivity index (χ0n) is 16.4. The molecule has 1 aliphatic rings. The molecule has 0 aromatic heterocycles. The number of benzene rings is 4. The van der Waals surface area contributed by atoms with E-state index in [4.69, 9.17) is 4.52 Å². The van der Waals surface area contributed by atoms with E-state index in [1.54, 1.807) is 12.1 Å². The minimum atomic E-state index is -3.92. The fourth-order valence-electron chi connectivity index (χ4n) is 4.06. The Morgan fingerprint density at radius 1 is 0.667 bits per heavy atom. The lowest BCUT2D eigenvalue weighted by Gasteiger charge is -2.27. The Hall–Kier alpha value is -3.13. The largest absolute Gasteiger partial charge is 0.420 e. The molecule has 30 heavy (non-hydrogen) atoms. The van der Waals surface area contributed by atoms with E-state index in [1.165, 1.54) is 5.56 Å². The number of hydrogen-bond acceptors (Lipinski definition) is 2. The van der Waals surface area contributed by atoms with Crippen molar-refractivity contribution < 1.29 is 14.0 Å². The molecule has 4 aromatic carbocycles. The van der Waals surface area contributed by atoms with Gasteiger partial charge in [0.15, 0.2) is 0 Å². The van der Waals surface area contributed by atoms with Gasteiger partial charge in [0, 0.05) is 17.5 Å². The Morgan fingerprint density at radius 3 is 1.97 bits per heavy atom. The van der Waals surface area contributed by atoms with Gasteiger partial charge in [-0.2, -0.15) is 0 Å². The van der Waals surface area contributed by atoms with Crippen LogP contribution in [0.15, 0.2) is 97.1 Å². The summed E-state index contributed by atoms with van der Waals surface area (Å²) in [6.45, 7) is 0. The van der Waals surface area contributed by atoms with Crippen molar-refractivity contribution in [3.63, 3.8) is 0 Å². The highest BCUT2D eigenvalue weighted by Gasteiger charge is 2.35. The molecule has 3 nitrogen and oxygen atoms in total. The van der Waals surface area contributed by atoms with Crippen molar-refractivity contribution >= 4 is 12.9 Å². The van der Waals surface area contributed by atoms with E-state index in [1.807, 2.05) is 48.5 Å². The normalized spacial score (nSPS) is 17.0. The first-order valence-corrected chi connectivity index (χ1v) is 11.5. The molecule has 4 aromatic rings. The van der Waals surface area contributed by atoms with Gasteiger partial charge in [0.05, 0.1) is 5.30 Å². The zero-order chi connectivity index (χ0) is 20.6. The van der Waals surface area contributed by atoms with Gasteiger partial charge < -0.3 is 9.42 Å². The van der Waals surface area contributed by atoms with Crippen LogP contribution in [-0.2, 0) is 17.4 Å². The lowest BCUT2D eigenvalue weighted by atomic mass is 9.92. The Balaban J connectivity index is 1.68. The molecule has 0 amide bonds. The van der Waals surface area contributed by atoms with E-state index in [-0.39, 0.29) is 0 Å². The Bertz CT molecular complexity index is 1250. The van der Waals surface area contributed by atoms with Gasteiger partial charge in [-0.25, -0.2) is 4.57 Å². The number of fused-ring (bicyclic) bond motifs is 3. The van der Waals surface area contributed by atoms with Crippen LogP contribution in [0.3, 0.4) is 0 Å². The van der Waals surface area contributed by atoms with Crippen molar-refractivity contribution in [3.8, 4) is 16.9 Å². The standard InChI is InChI=1S/C26H21O3P/c27-30(28)25-14-8-7-13-23(25)24-18-21(15-19-9-3-1-4-10-19)17-22(26(24)29-30)16-20-11-5-2-6-12-20/h1-14,17-18H,15-16H2,(H,27,28). The molecule has 1 atom stereocenters. The van der Waals surface area contributed by atoms with Crippen LogP contribution >= 0.6 is 7.60 Å². The smallest absolute Gasteiger partial charge is 0.408 e. The van der Waals surface area contributed by atoms with E-state index in [0.717, 1.165) is 34.2 Å². The van der Waals surface area contributed by atoms with E-state index < -0.39 is 7.60 Å². The second-order valence-electron chi connectivity index (χ2n) is 7.59. The maximum absolute atomic E-state index is 12.9. The molecule has 1 heterocycles. The van der Waals surface area contributed by atoms with Crippen LogP contribution in [0.2, 0.25) is 0 Å². The highest BCUT2D eigenvalue weighted by atomic mass is 31.2. The average molecular weight is 412 g/mol. The monoisotopic (exact) mass is 412 g/mol. The molecule has 0 saturated carbocycles. The summed E-state index contributed by atoms with van der Waals surface area (Å²) in [5.41, 5.74) is 6.08. The van der Waals surface area contributed by atoms with E-state index in [9.17, 15) is 9.46 Å². The summed E-state index contributed by atoms with van der Waals surface area (Å²) in [5, 5.41) is 0.361. The highest BCUT2D eigenvalue weighted by molar-refractivity contribution is 7.62. The molecular formula is C26H21O3P. The molecule has 1 N–H and O–H groups in total. The van der Waals surface area contributed by atoms with Gasteiger partial charge in [-0.1, -0.05) is 84.9 Å². The van der Waals surface area contributed by atoms with Crippen LogP contribution in [-0.4, -0.2) is 4.89 Å². The number of hydrogen-bond donors (Lipinski definition) is 1. The zero-order valence-corrected chi connectivity index (χ0v) is 17.3. The molecule has 0 bridgehead atoms. The summed E-state index contributed by atoms with van der Waals surface area (Å²) >= 11 is 0. The van der Waals surface area contributed by atoms with Gasteiger partial charge in [0.25, 0.3) is 0 Å². The van der Waals surface area contributed by atoms with Crippen LogP contribution in [0.1, 0.15) is 22.3 Å². The van der Waals surface area contributed by atoms with Crippen LogP contribution in [0.5, 0.6) is 5.75 Å². The Labute approximate surface area is 176 Å². The summed E-state index contributed by atoms with van der Waals surface area (Å²) in [4.78, 5) is 10.6. The van der Waals surface area contributed by atoms with Crippen LogP contribution < -0.4 is 9.83 Å². The molecule has 0 fully saturated rings. The molecule has 0 spiro atoms. The second kappa shape index (κ2) is 7.60. The minimum absolute atomic E-state index is 0.361. The third-order valence-electron chi connectivity index (χ3n) is 5.43. The lowest BCUT2D eigenvalue weighted by molar-refractivity contribution is 0.390. The van der Waals surface area contributed by atoms with E-state index >= 15 is 0 Å². The first-order valence-electron chi connectivity index (χ1n) is 9.96. The number of rotatable bonds is 4. The van der Waals surface area contributed by atoms with Gasteiger partial charge in [0.2, 0.25) is 0 Å². The molecule has 1 unspecified atom stereocenters. The van der Waals surface area contributed by atoms with Crippen molar-refractivity contribution in [2.24, 2.45) is 0 Å². The first-order chi connectivity index (χ1) is 14.6. The maximum atomic E-state index is 12.9. The third kappa shape index (κ3) is 3.59. The average Bonchev–Trinajstić information content (AvgIpc) is 2.76. The maximum Gasteiger partial charge on any atom is 0.408 e. The van der Waals surface area contributed by atoms with Crippen molar-refractivity contribution in [2.75, 3.05) is 0 Å². The van der Waals surface area contributed by atoms with Crippen molar-refractivity contribution in [1.82, 2.24) is 0 Å². The predicted octanol–water partition coefficient (Wildman–Crippen LogP) is 5.74. The lowest BCUT2D eigenvalue weighted by Crippen LogP contribution is -2.18. The van der Waals surface area contributed by atoms with Gasteiger partial charge in [-0.3, -0.25) is 0 Å². The predicted molar refractivity (Wildman–Crippen MR) is 120 cm³/mol. The summed E-state index contributed by atoms with van der Waals surface area (Å²) < 4.78 is 18.7. The fourth-order valence-corrected chi connectivity index (χ4v) is 5.40. The molecule has 148 valence electrons. The van der Waals surface area contributed by atoms with E-state index in [2.05, 4.69) is 36.4 Å². The summed E-state index contributed by atoms with van der Waals surface area (Å²) in [7, 11) is -3.92. The van der Waals surface area contributed by atoms with Gasteiger partial charge in [0.1, 0.15) is 5.75 Å². The summed E-state index contributed by atoms with van der Waals surface area (Å²) in [6, 6.07) is 31.9. The molecular weight excluding hydrogens is 391 g/mol. The van der Waals surface area contributed by atoms with Crippen molar-refractivity contribution in [2.45, 2.75) is 12.8 Å². The first kappa shape index (κ1) is 18.9. The summed E-state index contributed by atoms with van der Waals surface area (Å²) in [5.74, 6) is 0.514. The third-order valence-corrected chi connectivity index (χ3v) is 6.86. The molecule has 0 aliphatic carbocycles. The molecule has 5 rings (SSSR count). The SMILES string of the molecule is O=P1(O)Oc2c(Cc3ccccc3)cc(Cc3ccccc3)cc2-c2ccccc21. The van der Waals surface area contributed by atoms with E-state index in [0.29, 0.717) is 17.5 Å². The van der Waals surface area contributed by atoms with Gasteiger partial charge in [-0.05, 0) is 40.8 Å². The molecule has 0 saturated heterocycles. The second-order valence-corrected chi connectivity index (χ2v) is 9.29. The van der Waals surface area contributed by atoms with Crippen LogP contribution in [0.4, 0.5) is 0 Å². The summed E-state index contributed by atoms with van der Waals surface area (Å²) in [6.07, 6.45) is 1.42. The Kier molecular flexibility index (Phi) is 4.78. The Morgan fingerprint density at radius 2 is 1.27 bits per heavy atom. The molecule has 4 heteroatoms.